The molecule has 0 N–H and O–H groups in total. The fraction of sp³-hybridized carbons (Fsp3) is 0.286. The van der Waals surface area contributed by atoms with Crippen molar-refractivity contribution in [2.45, 2.75) is 6.92 Å². The highest BCUT2D eigenvalue weighted by Gasteiger charge is 2.04. The molecule has 0 aliphatic carbocycles. The molecule has 0 radical (unpaired) electrons. The highest BCUT2D eigenvalue weighted by molar-refractivity contribution is 9.10. The molecule has 0 aliphatic rings. The van der Waals surface area contributed by atoms with Gasteiger partial charge in [-0.3, -0.25) is 0 Å². The van der Waals surface area contributed by atoms with Crippen LogP contribution in [-0.2, 0) is 0 Å². The minimum atomic E-state index is 0. The van der Waals surface area contributed by atoms with Gasteiger partial charge in [0.2, 0.25) is 5.82 Å². The topological polar surface area (TPSA) is 51.6 Å². The Bertz CT molecular complexity index is 296. The normalized spacial score (nSPS) is 8.77. The van der Waals surface area contributed by atoms with E-state index >= 15 is 0 Å². The largest absolute Gasteiger partial charge is 0.490 e. The first-order valence-corrected chi connectivity index (χ1v) is 4.19. The molecule has 0 atom stereocenters. The quantitative estimate of drug-likeness (QED) is 0.791. The summed E-state index contributed by atoms with van der Waals surface area (Å²) in [4.78, 5) is 14.0. The van der Waals surface area contributed by atoms with Crippen molar-refractivity contribution < 1.29 is 4.74 Å². The van der Waals surface area contributed by atoms with E-state index in [1.807, 2.05) is 6.92 Å². The maximum Gasteiger partial charge on any atom is 0.238 e. The molecule has 0 bridgehead atoms. The van der Waals surface area contributed by atoms with Crippen LogP contribution in [0.4, 0.5) is 5.82 Å². The Morgan fingerprint density at radius 3 is 2.92 bits per heavy atom. The number of nitrogens with zero attached hydrogens (tertiary/aromatic N) is 2. The van der Waals surface area contributed by atoms with E-state index in [1.165, 1.54) is 6.20 Å². The summed E-state index contributed by atoms with van der Waals surface area (Å²) in [5.41, 5.74) is 0. The molecule has 1 rings (SSSR count). The third-order valence-corrected chi connectivity index (χ3v) is 1.62. The minimum absolute atomic E-state index is 0. The zero-order valence-corrected chi connectivity index (χ0v) is 9.26. The van der Waals surface area contributed by atoms with Crippen molar-refractivity contribution in [2.75, 3.05) is 6.61 Å². The molecule has 0 saturated heterocycles. The second-order valence-corrected chi connectivity index (χ2v) is 2.92. The van der Waals surface area contributed by atoms with Gasteiger partial charge < -0.3 is 4.74 Å². The molecule has 0 aliphatic heterocycles. The van der Waals surface area contributed by atoms with E-state index in [2.05, 4.69) is 26.1 Å². The third-order valence-electron chi connectivity index (χ3n) is 1.19. The number of hydrogen-bond acceptors (Lipinski definition) is 4. The molecule has 6 heteroatoms. The Morgan fingerprint density at radius 2 is 2.38 bits per heavy atom. The predicted molar refractivity (Wildman–Crippen MR) is 55.8 cm³/mol. The molecular formula is C7H8BrClN2O2. The van der Waals surface area contributed by atoms with Crippen LogP contribution >= 0.6 is 28.3 Å². The highest BCUT2D eigenvalue weighted by atomic mass is 79.9. The van der Waals surface area contributed by atoms with E-state index in [0.717, 1.165) is 4.47 Å². The lowest BCUT2D eigenvalue weighted by Gasteiger charge is -2.03. The van der Waals surface area contributed by atoms with Crippen LogP contribution in [0, 0.1) is 4.91 Å². The van der Waals surface area contributed by atoms with Crippen LogP contribution in [0.5, 0.6) is 5.75 Å². The van der Waals surface area contributed by atoms with Gasteiger partial charge in [-0.25, -0.2) is 4.98 Å². The van der Waals surface area contributed by atoms with Gasteiger partial charge in [-0.05, 0) is 34.1 Å². The van der Waals surface area contributed by atoms with Gasteiger partial charge in [0.1, 0.15) is 0 Å². The van der Waals surface area contributed by atoms with Crippen LogP contribution < -0.4 is 4.74 Å². The van der Waals surface area contributed by atoms with Gasteiger partial charge in [0.25, 0.3) is 0 Å². The minimum Gasteiger partial charge on any atom is -0.490 e. The first kappa shape index (κ1) is 12.3. The molecule has 1 aromatic heterocycles. The Morgan fingerprint density at radius 1 is 1.69 bits per heavy atom. The van der Waals surface area contributed by atoms with E-state index in [-0.39, 0.29) is 18.2 Å². The number of ether oxygens (including phenoxy) is 1. The van der Waals surface area contributed by atoms with Crippen LogP contribution in [0.25, 0.3) is 0 Å². The third kappa shape index (κ3) is 3.28. The van der Waals surface area contributed by atoms with E-state index < -0.39 is 0 Å². The lowest BCUT2D eigenvalue weighted by atomic mass is 10.4. The van der Waals surface area contributed by atoms with Gasteiger partial charge >= 0.3 is 0 Å². The molecule has 0 fully saturated rings. The van der Waals surface area contributed by atoms with Crippen molar-refractivity contribution >= 4 is 34.2 Å². The lowest BCUT2D eigenvalue weighted by Crippen LogP contribution is -1.92. The summed E-state index contributed by atoms with van der Waals surface area (Å²) >= 11 is 3.21. The van der Waals surface area contributed by atoms with E-state index in [9.17, 15) is 4.91 Å². The van der Waals surface area contributed by atoms with E-state index in [0.29, 0.717) is 12.4 Å². The Hall–Kier alpha value is -0.680. The van der Waals surface area contributed by atoms with Crippen molar-refractivity contribution in [2.24, 2.45) is 5.18 Å². The highest BCUT2D eigenvalue weighted by Crippen LogP contribution is 2.27. The SMILES string of the molecule is CCOc1cc(Br)cnc1N=O.Cl. The molecule has 0 unspecified atom stereocenters. The van der Waals surface area contributed by atoms with Gasteiger partial charge in [-0.2, -0.15) is 0 Å². The van der Waals surface area contributed by atoms with Gasteiger partial charge in [-0.15, -0.1) is 17.3 Å². The number of pyridine rings is 1. The zero-order chi connectivity index (χ0) is 8.97. The maximum atomic E-state index is 10.2. The van der Waals surface area contributed by atoms with Crippen molar-refractivity contribution in [3.05, 3.63) is 21.6 Å². The van der Waals surface area contributed by atoms with Gasteiger partial charge in [0.15, 0.2) is 5.75 Å². The standard InChI is InChI=1S/C7H7BrN2O2.ClH/c1-2-12-6-3-5(8)4-9-7(6)10-11;/h3-4H,2H2,1H3;1H. The predicted octanol–water partition coefficient (Wildman–Crippen LogP) is 3.06. The van der Waals surface area contributed by atoms with Crippen LogP contribution in [0.2, 0.25) is 0 Å². The molecule has 0 aromatic carbocycles. The molecule has 72 valence electrons. The second kappa shape index (κ2) is 5.88. The number of rotatable bonds is 3. The first-order valence-electron chi connectivity index (χ1n) is 3.39. The van der Waals surface area contributed by atoms with Gasteiger partial charge in [0.05, 0.1) is 6.61 Å². The van der Waals surface area contributed by atoms with Gasteiger partial charge in [0, 0.05) is 10.7 Å². The van der Waals surface area contributed by atoms with Crippen molar-refractivity contribution in [3.63, 3.8) is 0 Å². The summed E-state index contributed by atoms with van der Waals surface area (Å²) in [6.07, 6.45) is 1.50. The summed E-state index contributed by atoms with van der Waals surface area (Å²) < 4.78 is 5.88. The van der Waals surface area contributed by atoms with E-state index in [4.69, 9.17) is 4.74 Å². The summed E-state index contributed by atoms with van der Waals surface area (Å²) in [7, 11) is 0. The maximum absolute atomic E-state index is 10.2. The lowest BCUT2D eigenvalue weighted by molar-refractivity contribution is 0.340. The Kier molecular flexibility index (Phi) is 5.57. The summed E-state index contributed by atoms with van der Waals surface area (Å²) in [6.45, 7) is 2.32. The molecular weight excluding hydrogens is 259 g/mol. The van der Waals surface area contributed by atoms with Gasteiger partial charge in [-0.1, -0.05) is 0 Å². The fourth-order valence-electron chi connectivity index (χ4n) is 0.744. The van der Waals surface area contributed by atoms with Crippen molar-refractivity contribution in [1.29, 1.82) is 0 Å². The molecule has 1 aromatic rings. The molecule has 0 amide bonds. The smallest absolute Gasteiger partial charge is 0.238 e. The zero-order valence-electron chi connectivity index (χ0n) is 6.86. The second-order valence-electron chi connectivity index (χ2n) is 2.00. The molecule has 13 heavy (non-hydrogen) atoms. The summed E-state index contributed by atoms with van der Waals surface area (Å²) in [5.74, 6) is 0.488. The number of hydrogen-bond donors (Lipinski definition) is 0. The molecule has 0 spiro atoms. The fourth-order valence-corrected chi connectivity index (χ4v) is 1.05. The Labute approximate surface area is 90.2 Å². The first-order chi connectivity index (χ1) is 5.77. The average molecular weight is 268 g/mol. The van der Waals surface area contributed by atoms with Crippen LogP contribution in [-0.4, -0.2) is 11.6 Å². The number of nitroso groups, excluding NO2 is 1. The molecule has 0 saturated carbocycles. The molecule has 4 nitrogen and oxygen atoms in total. The average Bonchev–Trinajstić information content (AvgIpc) is 2.05. The van der Waals surface area contributed by atoms with Crippen molar-refractivity contribution in [3.8, 4) is 5.75 Å². The summed E-state index contributed by atoms with van der Waals surface area (Å²) in [5, 5.41) is 2.72. The van der Waals surface area contributed by atoms with Crippen LogP contribution in [0.15, 0.2) is 21.9 Å². The Balaban J connectivity index is 0.00000144. The van der Waals surface area contributed by atoms with Crippen molar-refractivity contribution in [1.82, 2.24) is 4.98 Å². The number of halogens is 2. The van der Waals surface area contributed by atoms with Crippen LogP contribution in [0.3, 0.4) is 0 Å². The van der Waals surface area contributed by atoms with E-state index in [1.54, 1.807) is 6.07 Å². The number of aromatic nitrogens is 1. The monoisotopic (exact) mass is 266 g/mol. The molecule has 1 heterocycles. The van der Waals surface area contributed by atoms with Crippen LogP contribution in [0.1, 0.15) is 6.92 Å². The summed E-state index contributed by atoms with van der Waals surface area (Å²) in [6, 6.07) is 1.66.